The Morgan fingerprint density at radius 1 is 1.53 bits per heavy atom. The lowest BCUT2D eigenvalue weighted by molar-refractivity contribution is -0.130. The van der Waals surface area contributed by atoms with E-state index in [1.165, 1.54) is 11.3 Å². The molecule has 0 bridgehead atoms. The molecular weight excluding hydrogens is 242 g/mol. The van der Waals surface area contributed by atoms with E-state index in [-0.39, 0.29) is 16.9 Å². The van der Waals surface area contributed by atoms with Crippen LogP contribution < -0.4 is 5.32 Å². The van der Waals surface area contributed by atoms with Crippen LogP contribution in [0.2, 0.25) is 0 Å². The maximum absolute atomic E-state index is 11.6. The van der Waals surface area contributed by atoms with Crippen LogP contribution in [0, 0.1) is 0 Å². The first-order valence-corrected chi connectivity index (χ1v) is 6.20. The molecule has 1 fully saturated rings. The van der Waals surface area contributed by atoms with Gasteiger partial charge in [0.25, 0.3) is 0 Å². The van der Waals surface area contributed by atoms with E-state index in [1.807, 2.05) is 0 Å². The Hall–Kier alpha value is -1.40. The Labute approximate surface area is 102 Å². The number of carbonyl (C=O) groups is 2. The Morgan fingerprint density at radius 3 is 2.94 bits per heavy atom. The van der Waals surface area contributed by atoms with Gasteiger partial charge in [0.05, 0.1) is 6.54 Å². The van der Waals surface area contributed by atoms with Crippen LogP contribution in [-0.2, 0) is 16.1 Å². The van der Waals surface area contributed by atoms with Gasteiger partial charge in [-0.05, 0) is 25.0 Å². The third kappa shape index (κ3) is 3.04. The molecule has 1 saturated heterocycles. The van der Waals surface area contributed by atoms with Crippen LogP contribution in [0.15, 0.2) is 12.1 Å². The van der Waals surface area contributed by atoms with E-state index in [2.05, 4.69) is 5.32 Å². The van der Waals surface area contributed by atoms with Crippen molar-refractivity contribution in [2.45, 2.75) is 25.5 Å². The minimum atomic E-state index is -0.938. The number of carbonyl (C=O) groups excluding carboxylic acids is 1. The first-order valence-electron chi connectivity index (χ1n) is 5.38. The maximum atomic E-state index is 11.6. The summed E-state index contributed by atoms with van der Waals surface area (Å²) in [6, 6.07) is 3.25. The van der Waals surface area contributed by atoms with Gasteiger partial charge in [-0.2, -0.15) is 0 Å². The second-order valence-electron chi connectivity index (χ2n) is 3.79. The second-order valence-corrected chi connectivity index (χ2v) is 4.96. The molecule has 1 aromatic rings. The lowest BCUT2D eigenvalue weighted by atomic mass is 10.2. The molecule has 1 aliphatic rings. The number of rotatable bonds is 4. The quantitative estimate of drug-likeness (QED) is 0.848. The average Bonchev–Trinajstić information content (AvgIpc) is 2.97. The van der Waals surface area contributed by atoms with E-state index in [4.69, 9.17) is 9.84 Å². The molecule has 2 heterocycles. The fourth-order valence-electron chi connectivity index (χ4n) is 1.66. The van der Waals surface area contributed by atoms with E-state index in [0.29, 0.717) is 13.2 Å². The Morgan fingerprint density at radius 2 is 2.35 bits per heavy atom. The van der Waals surface area contributed by atoms with E-state index < -0.39 is 5.97 Å². The molecule has 1 atom stereocenters. The first kappa shape index (κ1) is 12.1. The number of ether oxygens (including phenoxy) is 1. The van der Waals surface area contributed by atoms with Gasteiger partial charge in [0.2, 0.25) is 5.91 Å². The number of carboxylic acids is 1. The Bertz CT molecular complexity index is 423. The average molecular weight is 255 g/mol. The Balaban J connectivity index is 1.84. The molecule has 1 amide bonds. The molecule has 1 aliphatic heterocycles. The van der Waals surface area contributed by atoms with Crippen molar-refractivity contribution in [1.29, 1.82) is 0 Å². The van der Waals surface area contributed by atoms with Gasteiger partial charge in [0.15, 0.2) is 0 Å². The van der Waals surface area contributed by atoms with Crippen molar-refractivity contribution < 1.29 is 19.4 Å². The summed E-state index contributed by atoms with van der Waals surface area (Å²) in [7, 11) is 0. The van der Waals surface area contributed by atoms with Crippen LogP contribution in [0.25, 0.3) is 0 Å². The summed E-state index contributed by atoms with van der Waals surface area (Å²) in [4.78, 5) is 23.4. The van der Waals surface area contributed by atoms with Crippen molar-refractivity contribution in [3.63, 3.8) is 0 Å². The number of nitrogens with one attached hydrogen (secondary N) is 1. The lowest BCUT2D eigenvalue weighted by Crippen LogP contribution is -2.33. The molecule has 0 unspecified atom stereocenters. The summed E-state index contributed by atoms with van der Waals surface area (Å²) >= 11 is 1.17. The number of amides is 1. The number of thiophene rings is 1. The highest BCUT2D eigenvalue weighted by atomic mass is 32.1. The van der Waals surface area contributed by atoms with Crippen LogP contribution in [-0.4, -0.2) is 29.7 Å². The zero-order valence-corrected chi connectivity index (χ0v) is 9.96. The van der Waals surface area contributed by atoms with Crippen molar-refractivity contribution >= 4 is 23.2 Å². The van der Waals surface area contributed by atoms with Gasteiger partial charge < -0.3 is 15.2 Å². The number of aromatic carboxylic acids is 1. The van der Waals surface area contributed by atoms with Crippen LogP contribution in [0.5, 0.6) is 0 Å². The van der Waals surface area contributed by atoms with Gasteiger partial charge in [-0.1, -0.05) is 0 Å². The predicted octanol–water partition coefficient (Wildman–Crippen LogP) is 1.24. The molecular formula is C11H13NO4S. The molecule has 0 saturated carbocycles. The van der Waals surface area contributed by atoms with Gasteiger partial charge in [0, 0.05) is 11.5 Å². The van der Waals surface area contributed by atoms with E-state index in [0.717, 1.165) is 17.7 Å². The molecule has 2 N–H and O–H groups in total. The lowest BCUT2D eigenvalue weighted by Gasteiger charge is -2.09. The van der Waals surface area contributed by atoms with E-state index in [9.17, 15) is 9.59 Å². The zero-order valence-electron chi connectivity index (χ0n) is 9.14. The second kappa shape index (κ2) is 5.29. The monoisotopic (exact) mass is 255 g/mol. The third-order valence-corrected chi connectivity index (χ3v) is 3.60. The normalized spacial score (nSPS) is 19.2. The summed E-state index contributed by atoms with van der Waals surface area (Å²) in [5.41, 5.74) is 0. The van der Waals surface area contributed by atoms with Crippen LogP contribution in [0.4, 0.5) is 0 Å². The molecule has 0 radical (unpaired) electrons. The largest absolute Gasteiger partial charge is 0.477 e. The smallest absolute Gasteiger partial charge is 0.345 e. The summed E-state index contributed by atoms with van der Waals surface area (Å²) in [6.07, 6.45) is 1.34. The van der Waals surface area contributed by atoms with Gasteiger partial charge >= 0.3 is 5.97 Å². The summed E-state index contributed by atoms with van der Waals surface area (Å²) in [5, 5.41) is 11.5. The minimum Gasteiger partial charge on any atom is -0.477 e. The highest BCUT2D eigenvalue weighted by Crippen LogP contribution is 2.17. The highest BCUT2D eigenvalue weighted by Gasteiger charge is 2.23. The SMILES string of the molecule is O=C(O)c1ccc(CNC(=O)[C@H]2CCCO2)s1. The molecule has 0 spiro atoms. The zero-order chi connectivity index (χ0) is 12.3. The number of carboxylic acid groups (broad SMARTS) is 1. The minimum absolute atomic E-state index is 0.118. The maximum Gasteiger partial charge on any atom is 0.345 e. The summed E-state index contributed by atoms with van der Waals surface area (Å²) < 4.78 is 5.24. The van der Waals surface area contributed by atoms with Crippen molar-refractivity contribution in [2.75, 3.05) is 6.61 Å². The third-order valence-electron chi connectivity index (χ3n) is 2.53. The molecule has 2 rings (SSSR count). The molecule has 92 valence electrons. The molecule has 6 heteroatoms. The van der Waals surface area contributed by atoms with Gasteiger partial charge in [0.1, 0.15) is 11.0 Å². The topological polar surface area (TPSA) is 75.6 Å². The fraction of sp³-hybridized carbons (Fsp3) is 0.455. The molecule has 5 nitrogen and oxygen atoms in total. The van der Waals surface area contributed by atoms with E-state index in [1.54, 1.807) is 12.1 Å². The van der Waals surface area contributed by atoms with Crippen molar-refractivity contribution in [1.82, 2.24) is 5.32 Å². The number of hydrogen-bond acceptors (Lipinski definition) is 4. The fourth-order valence-corrected chi connectivity index (χ4v) is 2.45. The molecule has 0 aromatic carbocycles. The van der Waals surface area contributed by atoms with Crippen LogP contribution in [0.3, 0.4) is 0 Å². The molecule has 0 aliphatic carbocycles. The van der Waals surface area contributed by atoms with Gasteiger partial charge in [-0.15, -0.1) is 11.3 Å². The number of hydrogen-bond donors (Lipinski definition) is 2. The highest BCUT2D eigenvalue weighted by molar-refractivity contribution is 7.13. The first-order chi connectivity index (χ1) is 8.16. The summed E-state index contributed by atoms with van der Waals surface area (Å²) in [5.74, 6) is -1.06. The van der Waals surface area contributed by atoms with Crippen LogP contribution >= 0.6 is 11.3 Å². The van der Waals surface area contributed by atoms with Crippen LogP contribution in [0.1, 0.15) is 27.4 Å². The van der Waals surface area contributed by atoms with Crippen molar-refractivity contribution in [3.8, 4) is 0 Å². The molecule has 1 aromatic heterocycles. The van der Waals surface area contributed by atoms with Crippen molar-refractivity contribution in [2.24, 2.45) is 0 Å². The van der Waals surface area contributed by atoms with Gasteiger partial charge in [-0.25, -0.2) is 4.79 Å². The molecule has 17 heavy (non-hydrogen) atoms. The van der Waals surface area contributed by atoms with Crippen molar-refractivity contribution in [3.05, 3.63) is 21.9 Å². The van der Waals surface area contributed by atoms with Gasteiger partial charge in [-0.3, -0.25) is 4.79 Å². The predicted molar refractivity (Wildman–Crippen MR) is 62.1 cm³/mol. The standard InChI is InChI=1S/C11H13NO4S/c13-10(8-2-1-5-16-8)12-6-7-3-4-9(17-7)11(14)15/h3-4,8H,1-2,5-6H2,(H,12,13)(H,14,15)/t8-/m1/s1. The Kier molecular flexibility index (Phi) is 3.75. The summed E-state index contributed by atoms with van der Waals surface area (Å²) in [6.45, 7) is 0.997. The van der Waals surface area contributed by atoms with E-state index >= 15 is 0 Å².